The summed E-state index contributed by atoms with van der Waals surface area (Å²) in [5, 5.41) is 0. The summed E-state index contributed by atoms with van der Waals surface area (Å²) in [5.74, 6) is -1.99. The molecule has 0 bridgehead atoms. The topological polar surface area (TPSA) is 43.4 Å². The fourth-order valence-electron chi connectivity index (χ4n) is 0.912. The highest BCUT2D eigenvalue weighted by Crippen LogP contribution is 2.30. The monoisotopic (exact) mass is 312 g/mol. The zero-order chi connectivity index (χ0) is 12.3. The van der Waals surface area contributed by atoms with E-state index in [0.29, 0.717) is 11.3 Å². The van der Waals surface area contributed by atoms with Crippen LogP contribution in [0, 0.1) is 0 Å². The number of Topliss-reactive ketones (excluding diaryl/α,β-unsaturated/α-hetero) is 1. The van der Waals surface area contributed by atoms with Gasteiger partial charge in [-0.05, 0) is 35.0 Å². The predicted octanol–water partition coefficient (Wildman–Crippen LogP) is 3.10. The SMILES string of the molecule is CCOC(=O)c1ccc(C(=O)C(F)(F)Br)s1. The predicted molar refractivity (Wildman–Crippen MR) is 58.5 cm³/mol. The summed E-state index contributed by atoms with van der Waals surface area (Å²) in [6.45, 7) is 1.82. The first-order valence-electron chi connectivity index (χ1n) is 4.24. The van der Waals surface area contributed by atoms with Crippen LogP contribution in [0.3, 0.4) is 0 Å². The molecule has 0 aliphatic rings. The minimum absolute atomic E-state index is 0.127. The second-order valence-corrected chi connectivity index (χ2v) is 4.79. The average Bonchev–Trinajstić information content (AvgIpc) is 2.64. The molecular formula is C9H7BrF2O3S. The summed E-state index contributed by atoms with van der Waals surface area (Å²) in [4.78, 5) is 18.7. The molecule has 1 rings (SSSR count). The van der Waals surface area contributed by atoms with Gasteiger partial charge < -0.3 is 4.74 Å². The maximum absolute atomic E-state index is 12.6. The molecule has 1 heterocycles. The molecule has 0 atom stereocenters. The summed E-state index contributed by atoms with van der Waals surface area (Å²) < 4.78 is 29.9. The Bertz CT molecular complexity index is 411. The number of carbonyl (C=O) groups is 2. The van der Waals surface area contributed by atoms with Gasteiger partial charge in [0.1, 0.15) is 4.88 Å². The number of ether oxygens (including phenoxy) is 1. The lowest BCUT2D eigenvalue weighted by molar-refractivity contribution is 0.0532. The Morgan fingerprint density at radius 2 is 2.00 bits per heavy atom. The van der Waals surface area contributed by atoms with Crippen LogP contribution in [0.1, 0.15) is 26.3 Å². The first-order chi connectivity index (χ1) is 7.36. The van der Waals surface area contributed by atoms with Crippen LogP contribution in [-0.4, -0.2) is 23.2 Å². The lowest BCUT2D eigenvalue weighted by Crippen LogP contribution is -2.19. The summed E-state index contributed by atoms with van der Waals surface area (Å²) >= 11 is 2.65. The molecule has 0 aliphatic heterocycles. The Morgan fingerprint density at radius 1 is 1.44 bits per heavy atom. The number of alkyl halides is 3. The molecule has 0 saturated carbocycles. The van der Waals surface area contributed by atoms with E-state index in [2.05, 4.69) is 4.74 Å². The zero-order valence-electron chi connectivity index (χ0n) is 8.13. The fourth-order valence-corrected chi connectivity index (χ4v) is 2.13. The average molecular weight is 313 g/mol. The number of rotatable bonds is 4. The molecule has 0 aliphatic carbocycles. The summed E-state index contributed by atoms with van der Waals surface area (Å²) in [6.07, 6.45) is 0. The second-order valence-electron chi connectivity index (χ2n) is 2.71. The number of esters is 1. The van der Waals surface area contributed by atoms with E-state index in [9.17, 15) is 18.4 Å². The lowest BCUT2D eigenvalue weighted by Gasteiger charge is -2.03. The molecule has 0 unspecified atom stereocenters. The van der Waals surface area contributed by atoms with E-state index in [1.807, 2.05) is 15.9 Å². The molecule has 16 heavy (non-hydrogen) atoms. The Kier molecular flexibility index (Phi) is 4.15. The van der Waals surface area contributed by atoms with Crippen molar-refractivity contribution in [2.24, 2.45) is 0 Å². The van der Waals surface area contributed by atoms with Crippen molar-refractivity contribution in [3.8, 4) is 0 Å². The molecule has 0 fully saturated rings. The van der Waals surface area contributed by atoms with Gasteiger partial charge in [0, 0.05) is 0 Å². The molecule has 0 amide bonds. The second kappa shape index (κ2) is 5.01. The van der Waals surface area contributed by atoms with Crippen LogP contribution in [0.2, 0.25) is 0 Å². The Morgan fingerprint density at radius 3 is 2.50 bits per heavy atom. The Balaban J connectivity index is 2.87. The van der Waals surface area contributed by atoms with Gasteiger partial charge in [-0.3, -0.25) is 4.79 Å². The van der Waals surface area contributed by atoms with Gasteiger partial charge in [0.15, 0.2) is 0 Å². The van der Waals surface area contributed by atoms with Gasteiger partial charge in [-0.15, -0.1) is 11.3 Å². The van der Waals surface area contributed by atoms with E-state index in [4.69, 9.17) is 0 Å². The van der Waals surface area contributed by atoms with Crippen molar-refractivity contribution in [1.29, 1.82) is 0 Å². The number of ketones is 1. The first-order valence-corrected chi connectivity index (χ1v) is 5.85. The van der Waals surface area contributed by atoms with Gasteiger partial charge in [0.25, 0.3) is 5.78 Å². The van der Waals surface area contributed by atoms with Crippen LogP contribution in [0.4, 0.5) is 8.78 Å². The summed E-state index contributed by atoms with van der Waals surface area (Å²) in [5.41, 5.74) is 0. The van der Waals surface area contributed by atoms with Crippen molar-refractivity contribution in [2.45, 2.75) is 11.8 Å². The standard InChI is InChI=1S/C9H7BrF2O3S/c1-2-15-8(14)6-4-3-5(16-6)7(13)9(10,11)12/h3-4H,2H2,1H3. The van der Waals surface area contributed by atoms with E-state index >= 15 is 0 Å². The molecule has 0 N–H and O–H groups in total. The quantitative estimate of drug-likeness (QED) is 0.487. The minimum atomic E-state index is -3.61. The molecule has 88 valence electrons. The molecule has 3 nitrogen and oxygen atoms in total. The summed E-state index contributed by atoms with van der Waals surface area (Å²) in [6, 6.07) is 2.46. The lowest BCUT2D eigenvalue weighted by atomic mass is 10.3. The molecule has 7 heteroatoms. The van der Waals surface area contributed by atoms with Crippen molar-refractivity contribution in [1.82, 2.24) is 0 Å². The molecule has 0 saturated heterocycles. The highest BCUT2D eigenvalue weighted by Gasteiger charge is 2.37. The third-order valence-electron chi connectivity index (χ3n) is 1.56. The Hall–Kier alpha value is -0.820. The van der Waals surface area contributed by atoms with Gasteiger partial charge in [0.2, 0.25) is 0 Å². The molecule has 1 aromatic heterocycles. The number of carbonyl (C=O) groups excluding carboxylic acids is 2. The van der Waals surface area contributed by atoms with E-state index in [-0.39, 0.29) is 16.4 Å². The van der Waals surface area contributed by atoms with Gasteiger partial charge in [0.05, 0.1) is 11.5 Å². The maximum atomic E-state index is 12.6. The summed E-state index contributed by atoms with van der Waals surface area (Å²) in [7, 11) is 0. The van der Waals surface area contributed by atoms with Crippen LogP contribution in [0.25, 0.3) is 0 Å². The molecule has 0 radical (unpaired) electrons. The van der Waals surface area contributed by atoms with Crippen LogP contribution in [0.15, 0.2) is 12.1 Å². The fraction of sp³-hybridized carbons (Fsp3) is 0.333. The van der Waals surface area contributed by atoms with Gasteiger partial charge in [-0.25, -0.2) is 4.79 Å². The van der Waals surface area contributed by atoms with Crippen molar-refractivity contribution in [2.75, 3.05) is 6.61 Å². The highest BCUT2D eigenvalue weighted by atomic mass is 79.9. The van der Waals surface area contributed by atoms with Crippen molar-refractivity contribution < 1.29 is 23.1 Å². The van der Waals surface area contributed by atoms with Gasteiger partial charge >= 0.3 is 10.8 Å². The largest absolute Gasteiger partial charge is 0.462 e. The highest BCUT2D eigenvalue weighted by molar-refractivity contribution is 9.10. The zero-order valence-corrected chi connectivity index (χ0v) is 10.5. The molecule has 0 aromatic carbocycles. The van der Waals surface area contributed by atoms with Crippen LogP contribution in [-0.2, 0) is 4.74 Å². The molecule has 1 aromatic rings. The molecule has 0 spiro atoms. The molecular weight excluding hydrogens is 306 g/mol. The first kappa shape index (κ1) is 13.2. The maximum Gasteiger partial charge on any atom is 0.363 e. The smallest absolute Gasteiger partial charge is 0.363 e. The third-order valence-corrected chi connectivity index (χ3v) is 2.99. The van der Waals surface area contributed by atoms with E-state index < -0.39 is 16.6 Å². The Labute approximate surface area is 103 Å². The van der Waals surface area contributed by atoms with E-state index in [0.717, 1.165) is 0 Å². The van der Waals surface area contributed by atoms with E-state index in [1.165, 1.54) is 12.1 Å². The number of hydrogen-bond acceptors (Lipinski definition) is 4. The van der Waals surface area contributed by atoms with Crippen molar-refractivity contribution in [3.05, 3.63) is 21.9 Å². The number of hydrogen-bond donors (Lipinski definition) is 0. The number of halogens is 3. The van der Waals surface area contributed by atoms with Gasteiger partial charge in [-0.1, -0.05) is 0 Å². The van der Waals surface area contributed by atoms with Crippen molar-refractivity contribution in [3.63, 3.8) is 0 Å². The van der Waals surface area contributed by atoms with Crippen molar-refractivity contribution >= 4 is 39.0 Å². The number of thiophene rings is 1. The minimum Gasteiger partial charge on any atom is -0.462 e. The third kappa shape index (κ3) is 3.08. The van der Waals surface area contributed by atoms with Crippen LogP contribution >= 0.6 is 27.3 Å². The normalized spacial score (nSPS) is 11.2. The van der Waals surface area contributed by atoms with Crippen LogP contribution in [0.5, 0.6) is 0 Å². The van der Waals surface area contributed by atoms with Gasteiger partial charge in [-0.2, -0.15) is 8.78 Å². The van der Waals surface area contributed by atoms with Crippen LogP contribution < -0.4 is 0 Å². The van der Waals surface area contributed by atoms with E-state index in [1.54, 1.807) is 6.92 Å².